The van der Waals surface area contributed by atoms with Crippen LogP contribution in [0.3, 0.4) is 0 Å². The Morgan fingerprint density at radius 3 is 2.48 bits per heavy atom. The van der Waals surface area contributed by atoms with Gasteiger partial charge in [-0.3, -0.25) is 4.68 Å². The van der Waals surface area contributed by atoms with Crippen molar-refractivity contribution in [2.45, 2.75) is 64.7 Å². The Morgan fingerprint density at radius 2 is 1.83 bits per heavy atom. The highest BCUT2D eigenvalue weighted by molar-refractivity contribution is 9.10. The molecule has 4 rings (SSSR count). The minimum Gasteiger partial charge on any atom is -0.490 e. The summed E-state index contributed by atoms with van der Waals surface area (Å²) in [6.07, 6.45) is 8.88. The monoisotopic (exact) mass is 458 g/mol. The van der Waals surface area contributed by atoms with Crippen LogP contribution in [0.25, 0.3) is 10.9 Å². The van der Waals surface area contributed by atoms with E-state index in [1.165, 1.54) is 43.1 Å². The normalized spacial score (nSPS) is 14.7. The van der Waals surface area contributed by atoms with Gasteiger partial charge in [0.15, 0.2) is 0 Å². The van der Waals surface area contributed by atoms with E-state index in [0.29, 0.717) is 12.6 Å². The van der Waals surface area contributed by atoms with Gasteiger partial charge in [0.1, 0.15) is 5.75 Å². The first-order valence-electron chi connectivity index (χ1n) is 10.4. The number of fused-ring (bicyclic) bond motifs is 1. The highest BCUT2D eigenvalue weighted by Crippen LogP contribution is 2.33. The SMILES string of the molecule is CC(C)Oc1cc2nn(C3CCCCC3)cc2cc1Br.COCc1ccccc1. The molecule has 4 nitrogen and oxygen atoms in total. The van der Waals surface area contributed by atoms with Crippen LogP contribution in [-0.4, -0.2) is 23.0 Å². The van der Waals surface area contributed by atoms with Gasteiger partial charge < -0.3 is 9.47 Å². The zero-order valence-electron chi connectivity index (χ0n) is 17.6. The molecule has 0 aliphatic heterocycles. The van der Waals surface area contributed by atoms with Crippen LogP contribution in [0.5, 0.6) is 5.75 Å². The molecule has 1 aliphatic rings. The Balaban J connectivity index is 0.000000224. The minimum atomic E-state index is 0.171. The number of benzene rings is 2. The summed E-state index contributed by atoms with van der Waals surface area (Å²) in [5.41, 5.74) is 2.24. The van der Waals surface area contributed by atoms with Gasteiger partial charge in [-0.2, -0.15) is 5.10 Å². The highest BCUT2D eigenvalue weighted by atomic mass is 79.9. The topological polar surface area (TPSA) is 36.3 Å². The van der Waals surface area contributed by atoms with E-state index in [0.717, 1.165) is 15.7 Å². The van der Waals surface area contributed by atoms with E-state index >= 15 is 0 Å². The van der Waals surface area contributed by atoms with Crippen molar-refractivity contribution in [2.24, 2.45) is 0 Å². The highest BCUT2D eigenvalue weighted by Gasteiger charge is 2.17. The lowest BCUT2D eigenvalue weighted by atomic mass is 9.96. The van der Waals surface area contributed by atoms with E-state index in [9.17, 15) is 0 Å². The van der Waals surface area contributed by atoms with Gasteiger partial charge in [-0.15, -0.1) is 0 Å². The molecule has 0 radical (unpaired) electrons. The molecule has 1 saturated carbocycles. The van der Waals surface area contributed by atoms with Crippen molar-refractivity contribution in [3.05, 3.63) is 58.7 Å². The summed E-state index contributed by atoms with van der Waals surface area (Å²) in [6.45, 7) is 4.79. The predicted octanol–water partition coefficient (Wildman–Crippen LogP) is 6.92. The molecule has 3 aromatic rings. The van der Waals surface area contributed by atoms with Crippen LogP contribution in [-0.2, 0) is 11.3 Å². The number of ether oxygens (including phenoxy) is 2. The quantitative estimate of drug-likeness (QED) is 0.415. The number of methoxy groups -OCH3 is 1. The summed E-state index contributed by atoms with van der Waals surface area (Å²) in [6, 6.07) is 14.8. The van der Waals surface area contributed by atoms with E-state index in [-0.39, 0.29) is 6.10 Å². The summed E-state index contributed by atoms with van der Waals surface area (Å²) < 4.78 is 13.9. The summed E-state index contributed by atoms with van der Waals surface area (Å²) in [4.78, 5) is 0. The molecule has 2 aromatic carbocycles. The molecule has 1 aromatic heterocycles. The third-order valence-electron chi connectivity index (χ3n) is 5.04. The maximum atomic E-state index is 5.81. The summed E-state index contributed by atoms with van der Waals surface area (Å²) >= 11 is 3.59. The van der Waals surface area contributed by atoms with Crippen LogP contribution in [0.4, 0.5) is 0 Å². The van der Waals surface area contributed by atoms with Crippen molar-refractivity contribution < 1.29 is 9.47 Å². The number of rotatable bonds is 5. The Hall–Kier alpha value is -1.85. The Bertz CT molecular complexity index is 887. The fraction of sp³-hybridized carbons (Fsp3) is 0.458. The molecule has 0 unspecified atom stereocenters. The second-order valence-electron chi connectivity index (χ2n) is 7.83. The van der Waals surface area contributed by atoms with Crippen molar-refractivity contribution in [1.82, 2.24) is 9.78 Å². The van der Waals surface area contributed by atoms with E-state index in [1.54, 1.807) is 7.11 Å². The fourth-order valence-corrected chi connectivity index (χ4v) is 4.12. The third-order valence-corrected chi connectivity index (χ3v) is 5.66. The molecule has 1 heterocycles. The van der Waals surface area contributed by atoms with Crippen molar-refractivity contribution in [2.75, 3.05) is 7.11 Å². The molecule has 29 heavy (non-hydrogen) atoms. The van der Waals surface area contributed by atoms with E-state index in [2.05, 4.69) is 32.9 Å². The average molecular weight is 459 g/mol. The first kappa shape index (κ1) is 21.8. The van der Waals surface area contributed by atoms with Gasteiger partial charge in [0.2, 0.25) is 0 Å². The van der Waals surface area contributed by atoms with Gasteiger partial charge in [-0.25, -0.2) is 0 Å². The summed E-state index contributed by atoms with van der Waals surface area (Å²) in [5.74, 6) is 0.876. The maximum absolute atomic E-state index is 5.81. The molecule has 0 saturated heterocycles. The van der Waals surface area contributed by atoms with Crippen LogP contribution in [0, 0.1) is 0 Å². The predicted molar refractivity (Wildman–Crippen MR) is 122 cm³/mol. The average Bonchev–Trinajstić information content (AvgIpc) is 3.13. The molecule has 0 bridgehead atoms. The Labute approximate surface area is 182 Å². The molecule has 0 amide bonds. The standard InChI is InChI=1S/C16H21BrN2O.C8H10O/c1-11(2)20-16-9-15-12(8-14(16)17)10-19(18-15)13-6-4-3-5-7-13;1-9-7-8-5-3-2-4-6-8/h8-11,13H,3-7H2,1-2H3;2-6H,7H2,1H3. The van der Waals surface area contributed by atoms with Gasteiger partial charge in [0.05, 0.1) is 28.7 Å². The van der Waals surface area contributed by atoms with Gasteiger partial charge in [-0.1, -0.05) is 49.6 Å². The lowest BCUT2D eigenvalue weighted by Crippen LogP contribution is -2.12. The fourth-order valence-electron chi connectivity index (χ4n) is 3.66. The molecule has 1 fully saturated rings. The zero-order chi connectivity index (χ0) is 20.6. The van der Waals surface area contributed by atoms with Crippen LogP contribution in [0.1, 0.15) is 57.6 Å². The summed E-state index contributed by atoms with van der Waals surface area (Å²) in [5, 5.41) is 5.94. The minimum absolute atomic E-state index is 0.171. The number of hydrogen-bond acceptors (Lipinski definition) is 3. The van der Waals surface area contributed by atoms with Crippen LogP contribution in [0.15, 0.2) is 53.1 Å². The van der Waals surface area contributed by atoms with Gasteiger partial charge >= 0.3 is 0 Å². The number of nitrogens with zero attached hydrogens (tertiary/aromatic N) is 2. The van der Waals surface area contributed by atoms with Crippen LogP contribution in [0.2, 0.25) is 0 Å². The van der Waals surface area contributed by atoms with Crippen LogP contribution < -0.4 is 4.74 Å². The molecular formula is C24H31BrN2O2. The number of hydrogen-bond donors (Lipinski definition) is 0. The Morgan fingerprint density at radius 1 is 1.10 bits per heavy atom. The number of aromatic nitrogens is 2. The van der Waals surface area contributed by atoms with E-state index < -0.39 is 0 Å². The number of halogens is 1. The second kappa shape index (κ2) is 10.8. The molecule has 5 heteroatoms. The Kier molecular flexibility index (Phi) is 8.13. The molecule has 1 aliphatic carbocycles. The summed E-state index contributed by atoms with van der Waals surface area (Å²) in [7, 11) is 1.70. The van der Waals surface area contributed by atoms with Gasteiger partial charge in [-0.05, 0) is 54.2 Å². The molecule has 0 atom stereocenters. The van der Waals surface area contributed by atoms with Crippen molar-refractivity contribution in [3.8, 4) is 5.75 Å². The third kappa shape index (κ3) is 6.31. The second-order valence-corrected chi connectivity index (χ2v) is 8.68. The van der Waals surface area contributed by atoms with Gasteiger partial charge in [0.25, 0.3) is 0 Å². The first-order valence-corrected chi connectivity index (χ1v) is 11.2. The smallest absolute Gasteiger partial charge is 0.136 e. The lowest BCUT2D eigenvalue weighted by Gasteiger charge is -2.21. The van der Waals surface area contributed by atoms with Crippen molar-refractivity contribution >= 4 is 26.8 Å². The van der Waals surface area contributed by atoms with Crippen molar-refractivity contribution in [3.63, 3.8) is 0 Å². The molecular weight excluding hydrogens is 428 g/mol. The maximum Gasteiger partial charge on any atom is 0.136 e. The van der Waals surface area contributed by atoms with Gasteiger partial charge in [0, 0.05) is 24.8 Å². The van der Waals surface area contributed by atoms with Crippen molar-refractivity contribution in [1.29, 1.82) is 0 Å². The van der Waals surface area contributed by atoms with E-state index in [4.69, 9.17) is 14.6 Å². The molecule has 156 valence electrons. The van der Waals surface area contributed by atoms with Crippen LogP contribution >= 0.6 is 15.9 Å². The molecule has 0 N–H and O–H groups in total. The first-order chi connectivity index (χ1) is 14.1. The zero-order valence-corrected chi connectivity index (χ0v) is 19.2. The van der Waals surface area contributed by atoms with E-state index in [1.807, 2.05) is 50.2 Å². The lowest BCUT2D eigenvalue weighted by molar-refractivity contribution is 0.185. The molecule has 0 spiro atoms. The largest absolute Gasteiger partial charge is 0.490 e.